The van der Waals surface area contributed by atoms with Gasteiger partial charge in [-0.2, -0.15) is 0 Å². The highest BCUT2D eigenvalue weighted by molar-refractivity contribution is 7.90. The van der Waals surface area contributed by atoms with Gasteiger partial charge in [-0.1, -0.05) is 12.1 Å². The Morgan fingerprint density at radius 3 is 2.77 bits per heavy atom. The average molecular weight is 325 g/mol. The molecule has 2 aliphatic rings. The van der Waals surface area contributed by atoms with Crippen LogP contribution >= 0.6 is 0 Å². The Bertz CT molecular complexity index is 640. The van der Waals surface area contributed by atoms with Crippen molar-refractivity contribution in [1.82, 2.24) is 4.90 Å². The lowest BCUT2D eigenvalue weighted by molar-refractivity contribution is 0.211. The maximum atomic E-state index is 13.3. The van der Waals surface area contributed by atoms with Crippen molar-refractivity contribution in [3.63, 3.8) is 0 Å². The molecule has 0 amide bonds. The summed E-state index contributed by atoms with van der Waals surface area (Å²) in [6.45, 7) is 1.91. The predicted octanol–water partition coefficient (Wildman–Crippen LogP) is 2.66. The van der Waals surface area contributed by atoms with Gasteiger partial charge in [0, 0.05) is 18.8 Å². The quantitative estimate of drug-likeness (QED) is 0.807. The van der Waals surface area contributed by atoms with E-state index in [1.54, 1.807) is 12.1 Å². The molecule has 5 heteroatoms. The minimum atomic E-state index is -2.92. The summed E-state index contributed by atoms with van der Waals surface area (Å²) in [6.07, 6.45) is 6.49. The number of rotatable bonds is 6. The van der Waals surface area contributed by atoms with E-state index in [2.05, 4.69) is 4.90 Å². The van der Waals surface area contributed by atoms with Crippen LogP contribution in [-0.2, 0) is 16.3 Å². The molecule has 0 N–H and O–H groups in total. The molecule has 122 valence electrons. The van der Waals surface area contributed by atoms with Crippen LogP contribution in [0.15, 0.2) is 24.3 Å². The summed E-state index contributed by atoms with van der Waals surface area (Å²) in [6, 6.07) is 7.24. The highest BCUT2D eigenvalue weighted by Gasteiger charge is 2.47. The van der Waals surface area contributed by atoms with Crippen LogP contribution in [0.1, 0.15) is 31.2 Å². The molecule has 0 unspecified atom stereocenters. The second kappa shape index (κ2) is 5.93. The molecule has 3 nitrogen and oxygen atoms in total. The number of sulfone groups is 1. The monoisotopic (exact) mass is 325 g/mol. The SMILES string of the molecule is CS(=O)(=O)CC1(CN2CCC[C@H]2Cc2cccc(F)c2)CC1. The van der Waals surface area contributed by atoms with Crippen molar-refractivity contribution in [1.29, 1.82) is 0 Å². The highest BCUT2D eigenvalue weighted by atomic mass is 32.2. The largest absolute Gasteiger partial charge is 0.299 e. The predicted molar refractivity (Wildman–Crippen MR) is 86.1 cm³/mol. The molecule has 1 aromatic rings. The number of likely N-dealkylation sites (tertiary alicyclic amines) is 1. The lowest BCUT2D eigenvalue weighted by Gasteiger charge is -2.29. The summed E-state index contributed by atoms with van der Waals surface area (Å²) >= 11 is 0. The van der Waals surface area contributed by atoms with Gasteiger partial charge in [0.05, 0.1) is 5.75 Å². The van der Waals surface area contributed by atoms with E-state index in [1.807, 2.05) is 6.07 Å². The van der Waals surface area contributed by atoms with Crippen LogP contribution < -0.4 is 0 Å². The van der Waals surface area contributed by atoms with Gasteiger partial charge in [0.25, 0.3) is 0 Å². The first-order valence-corrected chi connectivity index (χ1v) is 10.1. The third-order valence-corrected chi connectivity index (χ3v) is 6.06. The smallest absolute Gasteiger partial charge is 0.148 e. The molecule has 2 fully saturated rings. The lowest BCUT2D eigenvalue weighted by Crippen LogP contribution is -2.38. The third kappa shape index (κ3) is 4.07. The van der Waals surface area contributed by atoms with Crippen LogP contribution in [0.4, 0.5) is 4.39 Å². The summed E-state index contributed by atoms with van der Waals surface area (Å²) < 4.78 is 36.5. The van der Waals surface area contributed by atoms with Gasteiger partial charge < -0.3 is 0 Å². The Hall–Kier alpha value is -0.940. The van der Waals surface area contributed by atoms with E-state index in [0.29, 0.717) is 11.8 Å². The minimum absolute atomic E-state index is 0.0158. The molecule has 1 aromatic carbocycles. The van der Waals surface area contributed by atoms with E-state index >= 15 is 0 Å². The average Bonchev–Trinajstić information content (AvgIpc) is 2.99. The van der Waals surface area contributed by atoms with Crippen molar-refractivity contribution in [3.05, 3.63) is 35.6 Å². The Morgan fingerprint density at radius 2 is 2.14 bits per heavy atom. The summed E-state index contributed by atoms with van der Waals surface area (Å²) in [5.74, 6) is 0.126. The Labute approximate surface area is 132 Å². The zero-order chi connectivity index (χ0) is 15.8. The van der Waals surface area contributed by atoms with E-state index in [1.165, 1.54) is 12.3 Å². The second-order valence-electron chi connectivity index (χ2n) is 7.17. The van der Waals surface area contributed by atoms with E-state index in [9.17, 15) is 12.8 Å². The molecular formula is C17H24FNO2S. The van der Waals surface area contributed by atoms with Gasteiger partial charge in [0.2, 0.25) is 0 Å². The van der Waals surface area contributed by atoms with Crippen LogP contribution in [0.5, 0.6) is 0 Å². The molecule has 1 saturated heterocycles. The lowest BCUT2D eigenvalue weighted by atomic mass is 10.0. The molecule has 0 aromatic heterocycles. The first kappa shape index (κ1) is 15.9. The topological polar surface area (TPSA) is 37.4 Å². The number of halogens is 1. The molecular weight excluding hydrogens is 301 g/mol. The van der Waals surface area contributed by atoms with E-state index < -0.39 is 9.84 Å². The molecule has 3 rings (SSSR count). The Balaban J connectivity index is 1.64. The molecule has 1 heterocycles. The van der Waals surface area contributed by atoms with Gasteiger partial charge in [-0.3, -0.25) is 4.90 Å². The Kier molecular flexibility index (Phi) is 4.29. The Morgan fingerprint density at radius 1 is 1.36 bits per heavy atom. The van der Waals surface area contributed by atoms with Crippen molar-refractivity contribution in [3.8, 4) is 0 Å². The van der Waals surface area contributed by atoms with Crippen LogP contribution in [-0.4, -0.2) is 44.5 Å². The van der Waals surface area contributed by atoms with Crippen LogP contribution in [0.25, 0.3) is 0 Å². The highest BCUT2D eigenvalue weighted by Crippen LogP contribution is 2.48. The van der Waals surface area contributed by atoms with E-state index in [-0.39, 0.29) is 11.2 Å². The second-order valence-corrected chi connectivity index (χ2v) is 9.31. The zero-order valence-corrected chi connectivity index (χ0v) is 13.9. The van der Waals surface area contributed by atoms with Crippen molar-refractivity contribution < 1.29 is 12.8 Å². The number of nitrogens with zero attached hydrogens (tertiary/aromatic N) is 1. The van der Waals surface area contributed by atoms with Gasteiger partial charge in [-0.05, 0) is 61.8 Å². The van der Waals surface area contributed by atoms with Gasteiger partial charge >= 0.3 is 0 Å². The van der Waals surface area contributed by atoms with Gasteiger partial charge in [0.1, 0.15) is 15.7 Å². The maximum Gasteiger partial charge on any atom is 0.148 e. The van der Waals surface area contributed by atoms with E-state index in [0.717, 1.165) is 50.8 Å². The molecule has 0 radical (unpaired) electrons. The molecule has 1 saturated carbocycles. The molecule has 0 bridgehead atoms. The van der Waals surface area contributed by atoms with Crippen LogP contribution in [0.3, 0.4) is 0 Å². The molecule has 0 spiro atoms. The summed E-state index contributed by atoms with van der Waals surface area (Å²) in [7, 11) is -2.92. The third-order valence-electron chi connectivity index (χ3n) is 4.92. The van der Waals surface area contributed by atoms with Crippen molar-refractivity contribution in [2.75, 3.05) is 25.1 Å². The molecule has 1 aliphatic heterocycles. The molecule has 22 heavy (non-hydrogen) atoms. The normalized spacial score (nSPS) is 24.5. The number of hydrogen-bond donors (Lipinski definition) is 0. The van der Waals surface area contributed by atoms with Gasteiger partial charge in [-0.25, -0.2) is 12.8 Å². The van der Waals surface area contributed by atoms with Crippen LogP contribution in [0.2, 0.25) is 0 Å². The standard InChI is InChI=1S/C17H24FNO2S/c1-22(20,21)13-17(7-8-17)12-19-9-3-6-16(19)11-14-4-2-5-15(18)10-14/h2,4-5,10,16H,3,6-9,11-13H2,1H3/t16-/m0/s1. The summed E-state index contributed by atoms with van der Waals surface area (Å²) in [5.41, 5.74) is 1.02. The molecule has 1 atom stereocenters. The van der Waals surface area contributed by atoms with Crippen molar-refractivity contribution in [2.24, 2.45) is 5.41 Å². The van der Waals surface area contributed by atoms with Gasteiger partial charge in [-0.15, -0.1) is 0 Å². The first-order valence-electron chi connectivity index (χ1n) is 8.02. The van der Waals surface area contributed by atoms with Crippen molar-refractivity contribution >= 4 is 9.84 Å². The minimum Gasteiger partial charge on any atom is -0.299 e. The summed E-state index contributed by atoms with van der Waals surface area (Å²) in [5, 5.41) is 0. The fraction of sp³-hybridized carbons (Fsp3) is 0.647. The zero-order valence-electron chi connectivity index (χ0n) is 13.1. The number of benzene rings is 1. The van der Waals surface area contributed by atoms with Gasteiger partial charge in [0.15, 0.2) is 0 Å². The van der Waals surface area contributed by atoms with Crippen LogP contribution in [0, 0.1) is 11.2 Å². The molecule has 1 aliphatic carbocycles. The fourth-order valence-electron chi connectivity index (χ4n) is 3.78. The summed E-state index contributed by atoms with van der Waals surface area (Å²) in [4.78, 5) is 2.43. The number of hydrogen-bond acceptors (Lipinski definition) is 3. The van der Waals surface area contributed by atoms with Crippen molar-refractivity contribution in [2.45, 2.75) is 38.1 Å². The van der Waals surface area contributed by atoms with E-state index in [4.69, 9.17) is 0 Å². The first-order chi connectivity index (χ1) is 10.4. The maximum absolute atomic E-state index is 13.3. The fourth-order valence-corrected chi connectivity index (χ4v) is 5.27.